The highest BCUT2D eigenvalue weighted by Crippen LogP contribution is 2.40. The summed E-state index contributed by atoms with van der Waals surface area (Å²) < 4.78 is 0. The lowest BCUT2D eigenvalue weighted by molar-refractivity contribution is -0.142. The minimum Gasteiger partial charge on any atom is -0.392 e. The molecule has 2 rings (SSSR count). The molecule has 3 nitrogen and oxygen atoms in total. The second kappa shape index (κ2) is 6.42. The number of nitrogens with zero attached hydrogens (tertiary/aromatic N) is 1. The lowest BCUT2D eigenvalue weighted by atomic mass is 9.72. The molecule has 2 fully saturated rings. The van der Waals surface area contributed by atoms with E-state index in [-0.39, 0.29) is 5.91 Å². The van der Waals surface area contributed by atoms with Gasteiger partial charge in [-0.1, -0.05) is 51.2 Å². The minimum atomic E-state index is -0.556. The maximum Gasteiger partial charge on any atom is 0.235 e. The molecule has 0 saturated heterocycles. The molecular weight excluding hydrogens is 268 g/mol. The van der Waals surface area contributed by atoms with Gasteiger partial charge in [0.1, 0.15) is 0 Å². The molecule has 2 atom stereocenters. The van der Waals surface area contributed by atoms with Crippen LogP contribution in [-0.2, 0) is 4.79 Å². The van der Waals surface area contributed by atoms with E-state index in [0.29, 0.717) is 16.9 Å². The van der Waals surface area contributed by atoms with Crippen LogP contribution in [0.5, 0.6) is 0 Å². The number of thiocarbonyl (C=S) groups is 1. The molecule has 0 aromatic heterocycles. The van der Waals surface area contributed by atoms with E-state index in [2.05, 4.69) is 6.92 Å². The summed E-state index contributed by atoms with van der Waals surface area (Å²) in [5, 5.41) is 0. The van der Waals surface area contributed by atoms with Crippen molar-refractivity contribution < 1.29 is 4.79 Å². The first kappa shape index (κ1) is 15.7. The van der Waals surface area contributed by atoms with Gasteiger partial charge in [0, 0.05) is 13.1 Å². The average Bonchev–Trinajstić information content (AvgIpc) is 2.47. The maximum absolute atomic E-state index is 13.1. The summed E-state index contributed by atoms with van der Waals surface area (Å²) >= 11 is 5.28. The quantitative estimate of drug-likeness (QED) is 0.813. The van der Waals surface area contributed by atoms with E-state index in [0.717, 1.165) is 32.1 Å². The largest absolute Gasteiger partial charge is 0.392 e. The number of nitrogens with two attached hydrogens (primary N) is 1. The molecule has 0 aliphatic heterocycles. The molecule has 2 aliphatic carbocycles. The van der Waals surface area contributed by atoms with Crippen LogP contribution in [0.3, 0.4) is 0 Å². The Morgan fingerprint density at radius 1 is 1.15 bits per heavy atom. The molecular formula is C16H28N2OS. The highest BCUT2D eigenvalue weighted by atomic mass is 32.1. The van der Waals surface area contributed by atoms with Crippen molar-refractivity contribution in [2.75, 3.05) is 7.05 Å². The van der Waals surface area contributed by atoms with E-state index in [1.165, 1.54) is 25.7 Å². The van der Waals surface area contributed by atoms with Crippen LogP contribution in [0.4, 0.5) is 0 Å². The number of hydrogen-bond donors (Lipinski definition) is 1. The predicted octanol–water partition coefficient (Wildman–Crippen LogP) is 3.26. The van der Waals surface area contributed by atoms with Gasteiger partial charge in [-0.2, -0.15) is 0 Å². The second-order valence-electron chi connectivity index (χ2n) is 6.75. The van der Waals surface area contributed by atoms with Crippen LogP contribution in [0.1, 0.15) is 64.7 Å². The van der Waals surface area contributed by atoms with Crippen LogP contribution >= 0.6 is 12.2 Å². The van der Waals surface area contributed by atoms with Crippen molar-refractivity contribution in [2.45, 2.75) is 70.8 Å². The summed E-state index contributed by atoms with van der Waals surface area (Å²) in [4.78, 5) is 15.5. The Bertz CT molecular complexity index is 377. The van der Waals surface area contributed by atoms with Crippen molar-refractivity contribution >= 4 is 23.1 Å². The molecule has 0 aromatic rings. The first-order valence-corrected chi connectivity index (χ1v) is 8.47. The predicted molar refractivity (Wildman–Crippen MR) is 86.5 cm³/mol. The topological polar surface area (TPSA) is 46.3 Å². The zero-order chi connectivity index (χ0) is 14.8. The van der Waals surface area contributed by atoms with E-state index >= 15 is 0 Å². The third-order valence-corrected chi connectivity index (χ3v) is 5.86. The van der Waals surface area contributed by atoms with Crippen LogP contribution in [-0.4, -0.2) is 28.9 Å². The Balaban J connectivity index is 2.16. The lowest BCUT2D eigenvalue weighted by Crippen LogP contribution is -2.54. The molecule has 0 heterocycles. The van der Waals surface area contributed by atoms with Gasteiger partial charge >= 0.3 is 0 Å². The van der Waals surface area contributed by atoms with Gasteiger partial charge in [0.25, 0.3) is 0 Å². The highest BCUT2D eigenvalue weighted by Gasteiger charge is 2.45. The number of carbonyl (C=O) groups excluding carboxylic acids is 1. The van der Waals surface area contributed by atoms with Gasteiger partial charge in [0.05, 0.1) is 10.4 Å². The van der Waals surface area contributed by atoms with Gasteiger partial charge in [-0.05, 0) is 31.6 Å². The van der Waals surface area contributed by atoms with Crippen molar-refractivity contribution in [3.63, 3.8) is 0 Å². The number of carbonyl (C=O) groups is 1. The summed E-state index contributed by atoms with van der Waals surface area (Å²) in [7, 11) is 1.96. The Morgan fingerprint density at radius 2 is 1.75 bits per heavy atom. The molecule has 1 amide bonds. The highest BCUT2D eigenvalue weighted by molar-refractivity contribution is 7.80. The standard InChI is InChI=1S/C16H28N2OS/c1-12-8-4-5-9-13(12)18(2)15(19)16(14(17)20)10-6-3-7-11-16/h12-13H,3-11H2,1-2H3,(H2,17,20). The van der Waals surface area contributed by atoms with Gasteiger partial charge in [0.15, 0.2) is 0 Å². The Hall–Kier alpha value is -0.640. The minimum absolute atomic E-state index is 0.184. The molecule has 0 spiro atoms. The van der Waals surface area contributed by atoms with Gasteiger partial charge in [-0.15, -0.1) is 0 Å². The fourth-order valence-electron chi connectivity index (χ4n) is 4.08. The fourth-order valence-corrected chi connectivity index (χ4v) is 4.37. The third kappa shape index (κ3) is 2.85. The molecule has 2 N–H and O–H groups in total. The van der Waals surface area contributed by atoms with E-state index in [1.54, 1.807) is 0 Å². The summed E-state index contributed by atoms with van der Waals surface area (Å²) in [5.74, 6) is 0.771. The van der Waals surface area contributed by atoms with Crippen molar-refractivity contribution in [3.8, 4) is 0 Å². The van der Waals surface area contributed by atoms with Crippen LogP contribution in [0.25, 0.3) is 0 Å². The molecule has 114 valence electrons. The zero-order valence-corrected chi connectivity index (χ0v) is 13.7. The van der Waals surface area contributed by atoms with Gasteiger partial charge in [-0.3, -0.25) is 4.79 Å². The van der Waals surface area contributed by atoms with Crippen LogP contribution in [0.2, 0.25) is 0 Å². The molecule has 20 heavy (non-hydrogen) atoms. The number of rotatable bonds is 3. The Morgan fingerprint density at radius 3 is 2.30 bits per heavy atom. The zero-order valence-electron chi connectivity index (χ0n) is 12.9. The van der Waals surface area contributed by atoms with Crippen molar-refractivity contribution in [3.05, 3.63) is 0 Å². The molecule has 2 saturated carbocycles. The second-order valence-corrected chi connectivity index (χ2v) is 7.19. The molecule has 0 bridgehead atoms. The van der Waals surface area contributed by atoms with E-state index in [1.807, 2.05) is 11.9 Å². The monoisotopic (exact) mass is 296 g/mol. The number of hydrogen-bond acceptors (Lipinski definition) is 2. The smallest absolute Gasteiger partial charge is 0.235 e. The Kier molecular flexibility index (Phi) is 5.05. The normalized spacial score (nSPS) is 29.7. The van der Waals surface area contributed by atoms with Crippen molar-refractivity contribution in [2.24, 2.45) is 17.1 Å². The Labute approximate surface area is 128 Å². The van der Waals surface area contributed by atoms with Crippen LogP contribution in [0.15, 0.2) is 0 Å². The average molecular weight is 296 g/mol. The van der Waals surface area contributed by atoms with E-state index < -0.39 is 5.41 Å². The molecule has 2 aliphatic rings. The summed E-state index contributed by atoms with van der Waals surface area (Å²) in [6, 6.07) is 0.365. The first-order valence-electron chi connectivity index (χ1n) is 8.06. The van der Waals surface area contributed by atoms with E-state index in [4.69, 9.17) is 18.0 Å². The van der Waals surface area contributed by atoms with Crippen molar-refractivity contribution in [1.82, 2.24) is 4.90 Å². The maximum atomic E-state index is 13.1. The fraction of sp³-hybridized carbons (Fsp3) is 0.875. The van der Waals surface area contributed by atoms with Gasteiger partial charge < -0.3 is 10.6 Å². The van der Waals surface area contributed by atoms with Gasteiger partial charge in [0.2, 0.25) is 5.91 Å². The summed E-state index contributed by atoms with van der Waals surface area (Å²) in [6.07, 6.45) is 9.88. The summed E-state index contributed by atoms with van der Waals surface area (Å²) in [5.41, 5.74) is 5.43. The van der Waals surface area contributed by atoms with E-state index in [9.17, 15) is 4.79 Å². The SMILES string of the molecule is CC1CCCCC1N(C)C(=O)C1(C(N)=S)CCCCC1. The van der Waals surface area contributed by atoms with Crippen LogP contribution in [0, 0.1) is 11.3 Å². The van der Waals surface area contributed by atoms with Gasteiger partial charge in [-0.25, -0.2) is 0 Å². The summed E-state index contributed by atoms with van der Waals surface area (Å²) in [6.45, 7) is 2.27. The molecule has 0 radical (unpaired) electrons. The number of amides is 1. The van der Waals surface area contributed by atoms with Crippen molar-refractivity contribution in [1.29, 1.82) is 0 Å². The van der Waals surface area contributed by atoms with Crippen LogP contribution < -0.4 is 5.73 Å². The molecule has 4 heteroatoms. The molecule has 0 aromatic carbocycles. The molecule has 2 unspecified atom stereocenters. The lowest BCUT2D eigenvalue weighted by Gasteiger charge is -2.43. The first-order chi connectivity index (χ1) is 9.49. The third-order valence-electron chi connectivity index (χ3n) is 5.47.